The summed E-state index contributed by atoms with van der Waals surface area (Å²) in [6.45, 7) is 2.56. The number of carbonyl (C=O) groups excluding carboxylic acids is 1. The van der Waals surface area contributed by atoms with E-state index in [-0.39, 0.29) is 18.1 Å². The number of aliphatic hydroxyl groups is 1. The molecule has 1 aromatic rings. The molecule has 0 bridgehead atoms. The van der Waals surface area contributed by atoms with Crippen LogP contribution in [-0.4, -0.2) is 34.6 Å². The van der Waals surface area contributed by atoms with E-state index < -0.39 is 11.4 Å². The van der Waals surface area contributed by atoms with Crippen LogP contribution in [0.2, 0.25) is 0 Å². The Bertz CT molecular complexity index is 520. The number of anilines is 1. The highest BCUT2D eigenvalue weighted by molar-refractivity contribution is 9.10. The average molecular weight is 331 g/mol. The predicted molar refractivity (Wildman–Crippen MR) is 74.3 cm³/mol. The van der Waals surface area contributed by atoms with E-state index in [1.807, 2.05) is 0 Å². The first-order chi connectivity index (χ1) is 8.80. The lowest BCUT2D eigenvalue weighted by atomic mass is 9.94. The van der Waals surface area contributed by atoms with Crippen LogP contribution in [0.4, 0.5) is 10.1 Å². The van der Waals surface area contributed by atoms with Crippen molar-refractivity contribution in [3.8, 4) is 0 Å². The number of nitrogen functional groups attached to an aromatic ring is 1. The summed E-state index contributed by atoms with van der Waals surface area (Å²) < 4.78 is 13.6. The zero-order valence-corrected chi connectivity index (χ0v) is 12.2. The van der Waals surface area contributed by atoms with E-state index in [1.54, 1.807) is 11.8 Å². The van der Waals surface area contributed by atoms with Crippen LogP contribution in [0, 0.1) is 5.82 Å². The minimum Gasteiger partial charge on any atom is -0.396 e. The molecule has 1 heterocycles. The van der Waals surface area contributed by atoms with Gasteiger partial charge in [-0.3, -0.25) is 4.79 Å². The van der Waals surface area contributed by atoms with Crippen molar-refractivity contribution in [1.29, 1.82) is 0 Å². The van der Waals surface area contributed by atoms with Gasteiger partial charge in [-0.2, -0.15) is 0 Å². The van der Waals surface area contributed by atoms with Crippen LogP contribution in [0.5, 0.6) is 0 Å². The third kappa shape index (κ3) is 3.06. The first-order valence-corrected chi connectivity index (χ1v) is 6.86. The van der Waals surface area contributed by atoms with Gasteiger partial charge in [-0.25, -0.2) is 4.39 Å². The van der Waals surface area contributed by atoms with Gasteiger partial charge in [0.15, 0.2) is 0 Å². The number of rotatable bonds is 1. The molecule has 0 saturated carbocycles. The van der Waals surface area contributed by atoms with Crippen molar-refractivity contribution in [2.24, 2.45) is 0 Å². The molecule has 1 aliphatic rings. The SMILES string of the molecule is CC1(O)CCCN(C(=O)c2cc(N)c(F)cc2Br)C1. The van der Waals surface area contributed by atoms with Crippen molar-refractivity contribution < 1.29 is 14.3 Å². The smallest absolute Gasteiger partial charge is 0.255 e. The number of halogens is 2. The van der Waals surface area contributed by atoms with Crippen LogP contribution in [-0.2, 0) is 0 Å². The maximum Gasteiger partial charge on any atom is 0.255 e. The Morgan fingerprint density at radius 3 is 2.89 bits per heavy atom. The van der Waals surface area contributed by atoms with Gasteiger partial charge in [0.1, 0.15) is 5.82 Å². The number of carbonyl (C=O) groups is 1. The van der Waals surface area contributed by atoms with Gasteiger partial charge in [0.2, 0.25) is 0 Å². The van der Waals surface area contributed by atoms with Crippen molar-refractivity contribution in [2.75, 3.05) is 18.8 Å². The summed E-state index contributed by atoms with van der Waals surface area (Å²) in [5.74, 6) is -0.812. The van der Waals surface area contributed by atoms with Crippen molar-refractivity contribution in [3.05, 3.63) is 28.0 Å². The van der Waals surface area contributed by atoms with Crippen LogP contribution in [0.15, 0.2) is 16.6 Å². The van der Waals surface area contributed by atoms with Gasteiger partial charge >= 0.3 is 0 Å². The molecular weight excluding hydrogens is 315 g/mol. The quantitative estimate of drug-likeness (QED) is 0.775. The van der Waals surface area contributed by atoms with Crippen molar-refractivity contribution in [3.63, 3.8) is 0 Å². The first-order valence-electron chi connectivity index (χ1n) is 6.06. The van der Waals surface area contributed by atoms with E-state index in [9.17, 15) is 14.3 Å². The van der Waals surface area contributed by atoms with Crippen LogP contribution < -0.4 is 5.73 Å². The monoisotopic (exact) mass is 330 g/mol. The topological polar surface area (TPSA) is 66.6 Å². The number of hydrogen-bond acceptors (Lipinski definition) is 3. The van der Waals surface area contributed by atoms with Gasteiger partial charge < -0.3 is 15.7 Å². The number of benzene rings is 1. The van der Waals surface area contributed by atoms with Crippen molar-refractivity contribution >= 4 is 27.5 Å². The second-order valence-corrected chi connectivity index (χ2v) is 6.04. The second kappa shape index (κ2) is 5.09. The fourth-order valence-electron chi connectivity index (χ4n) is 2.29. The molecule has 1 aliphatic heterocycles. The number of nitrogens with two attached hydrogens (primary N) is 1. The third-order valence-electron chi connectivity index (χ3n) is 3.28. The van der Waals surface area contributed by atoms with Gasteiger partial charge in [0.25, 0.3) is 5.91 Å². The molecule has 0 aromatic heterocycles. The largest absolute Gasteiger partial charge is 0.396 e. The van der Waals surface area contributed by atoms with Crippen LogP contribution in [0.3, 0.4) is 0 Å². The fraction of sp³-hybridized carbons (Fsp3) is 0.462. The van der Waals surface area contributed by atoms with E-state index in [1.165, 1.54) is 12.1 Å². The minimum absolute atomic E-state index is 0.0599. The Balaban J connectivity index is 2.27. The zero-order valence-electron chi connectivity index (χ0n) is 10.6. The number of amides is 1. The fourth-order valence-corrected chi connectivity index (χ4v) is 2.78. The third-order valence-corrected chi connectivity index (χ3v) is 3.93. The molecular formula is C13H16BrFN2O2. The first kappa shape index (κ1) is 14.3. The Labute approximate surface area is 119 Å². The van der Waals surface area contributed by atoms with E-state index in [4.69, 9.17) is 5.73 Å². The number of hydrogen-bond donors (Lipinski definition) is 2. The van der Waals surface area contributed by atoms with Crippen molar-refractivity contribution in [1.82, 2.24) is 4.90 Å². The van der Waals surface area contributed by atoms with E-state index >= 15 is 0 Å². The van der Waals surface area contributed by atoms with Crippen molar-refractivity contribution in [2.45, 2.75) is 25.4 Å². The molecule has 2 rings (SSSR count). The van der Waals surface area contributed by atoms with Crippen LogP contribution in [0.25, 0.3) is 0 Å². The molecule has 1 amide bonds. The Kier molecular flexibility index (Phi) is 3.82. The molecule has 6 heteroatoms. The summed E-state index contributed by atoms with van der Waals surface area (Å²) in [6, 6.07) is 2.51. The maximum absolute atomic E-state index is 13.3. The summed E-state index contributed by atoms with van der Waals surface area (Å²) in [7, 11) is 0. The van der Waals surface area contributed by atoms with Gasteiger partial charge in [-0.05, 0) is 47.8 Å². The van der Waals surface area contributed by atoms with E-state index in [0.29, 0.717) is 23.0 Å². The Morgan fingerprint density at radius 2 is 2.26 bits per heavy atom. The number of β-amino-alcohol motifs (C(OH)–C–C–N with tert-alkyl or cyclic N) is 1. The molecule has 0 spiro atoms. The normalized spacial score (nSPS) is 23.5. The molecule has 1 aromatic carbocycles. The number of nitrogens with zero attached hydrogens (tertiary/aromatic N) is 1. The molecule has 1 fully saturated rings. The lowest BCUT2D eigenvalue weighted by Crippen LogP contribution is -2.48. The molecule has 4 nitrogen and oxygen atoms in total. The number of piperidine rings is 1. The zero-order chi connectivity index (χ0) is 14.2. The highest BCUT2D eigenvalue weighted by Crippen LogP contribution is 2.27. The lowest BCUT2D eigenvalue weighted by molar-refractivity contribution is -0.0107. The number of likely N-dealkylation sites (tertiary alicyclic amines) is 1. The molecule has 19 heavy (non-hydrogen) atoms. The van der Waals surface area contributed by atoms with Gasteiger partial charge in [-0.1, -0.05) is 0 Å². The summed E-state index contributed by atoms with van der Waals surface area (Å²) in [5, 5.41) is 10.0. The van der Waals surface area contributed by atoms with E-state index in [0.717, 1.165) is 6.42 Å². The summed E-state index contributed by atoms with van der Waals surface area (Å²) in [4.78, 5) is 13.9. The van der Waals surface area contributed by atoms with Crippen LogP contribution >= 0.6 is 15.9 Å². The van der Waals surface area contributed by atoms with Gasteiger partial charge in [-0.15, -0.1) is 0 Å². The highest BCUT2D eigenvalue weighted by atomic mass is 79.9. The summed E-state index contributed by atoms with van der Waals surface area (Å²) >= 11 is 3.17. The highest BCUT2D eigenvalue weighted by Gasteiger charge is 2.32. The summed E-state index contributed by atoms with van der Waals surface area (Å²) in [6.07, 6.45) is 1.41. The molecule has 1 unspecified atom stereocenters. The lowest BCUT2D eigenvalue weighted by Gasteiger charge is -2.37. The molecule has 0 aliphatic carbocycles. The molecule has 1 saturated heterocycles. The Hall–Kier alpha value is -1.14. The standard InChI is InChI=1S/C13H16BrFN2O2/c1-13(19)3-2-4-17(7-13)12(18)8-5-11(16)10(15)6-9(8)14/h5-6,19H,2-4,7,16H2,1H3. The van der Waals surface area contributed by atoms with Crippen LogP contribution in [0.1, 0.15) is 30.1 Å². The molecule has 3 N–H and O–H groups in total. The van der Waals surface area contributed by atoms with Gasteiger partial charge in [0, 0.05) is 17.6 Å². The second-order valence-electron chi connectivity index (χ2n) is 5.18. The molecule has 0 radical (unpaired) electrons. The predicted octanol–water partition coefficient (Wildman–Crippen LogP) is 2.16. The molecule has 1 atom stereocenters. The van der Waals surface area contributed by atoms with E-state index in [2.05, 4.69) is 15.9 Å². The Morgan fingerprint density at radius 1 is 1.58 bits per heavy atom. The average Bonchev–Trinajstić information content (AvgIpc) is 2.31. The maximum atomic E-state index is 13.3. The molecule has 104 valence electrons. The minimum atomic E-state index is -0.869. The summed E-state index contributed by atoms with van der Waals surface area (Å²) in [5.41, 5.74) is 4.88. The van der Waals surface area contributed by atoms with Gasteiger partial charge in [0.05, 0.1) is 16.9 Å².